The van der Waals surface area contributed by atoms with Crippen LogP contribution < -0.4 is 5.32 Å². The lowest BCUT2D eigenvalue weighted by atomic mass is 10.1. The van der Waals surface area contributed by atoms with Crippen molar-refractivity contribution in [3.8, 4) is 12.3 Å². The quantitative estimate of drug-likeness (QED) is 0.701. The minimum atomic E-state index is -0.186. The Morgan fingerprint density at radius 1 is 1.57 bits per heavy atom. The van der Waals surface area contributed by atoms with Gasteiger partial charge in [0.05, 0.1) is 0 Å². The van der Waals surface area contributed by atoms with Crippen molar-refractivity contribution in [1.82, 2.24) is 5.32 Å². The van der Waals surface area contributed by atoms with Gasteiger partial charge in [0.2, 0.25) is 0 Å². The Hall–Kier alpha value is -2.01. The molecule has 2 heteroatoms. The fourth-order valence-electron chi connectivity index (χ4n) is 1.02. The van der Waals surface area contributed by atoms with E-state index in [1.54, 1.807) is 31.2 Å². The highest BCUT2D eigenvalue weighted by Crippen LogP contribution is 2.04. The van der Waals surface area contributed by atoms with Crippen molar-refractivity contribution in [3.05, 3.63) is 47.7 Å². The van der Waals surface area contributed by atoms with E-state index in [1.165, 1.54) is 0 Å². The third-order valence-electron chi connectivity index (χ3n) is 1.62. The van der Waals surface area contributed by atoms with Crippen molar-refractivity contribution in [2.45, 2.75) is 6.92 Å². The third-order valence-corrected chi connectivity index (χ3v) is 1.62. The van der Waals surface area contributed by atoms with E-state index in [1.807, 2.05) is 0 Å². The number of rotatable bonds is 2. The van der Waals surface area contributed by atoms with Crippen LogP contribution >= 0.6 is 0 Å². The standard InChI is InChI=1S/C12H11NO/c1-4-10-6-5-7-11(8-10)12(14)13-9(2)3/h1,5-8H,2H2,3H3,(H,13,14). The van der Waals surface area contributed by atoms with E-state index >= 15 is 0 Å². The van der Waals surface area contributed by atoms with E-state index in [-0.39, 0.29) is 5.91 Å². The predicted octanol–water partition coefficient (Wildman–Crippen LogP) is 1.93. The van der Waals surface area contributed by atoms with Crippen LogP contribution in [-0.2, 0) is 0 Å². The molecule has 0 saturated carbocycles. The minimum absolute atomic E-state index is 0.186. The zero-order valence-electron chi connectivity index (χ0n) is 8.00. The van der Waals surface area contributed by atoms with Crippen LogP contribution in [0.5, 0.6) is 0 Å². The Labute approximate surface area is 83.6 Å². The zero-order valence-corrected chi connectivity index (χ0v) is 8.00. The van der Waals surface area contributed by atoms with Gasteiger partial charge in [-0.1, -0.05) is 18.6 Å². The van der Waals surface area contributed by atoms with Gasteiger partial charge in [0.15, 0.2) is 0 Å². The second-order valence-corrected chi connectivity index (χ2v) is 2.96. The number of nitrogens with one attached hydrogen (secondary N) is 1. The second-order valence-electron chi connectivity index (χ2n) is 2.96. The summed E-state index contributed by atoms with van der Waals surface area (Å²) in [5.41, 5.74) is 1.85. The first-order valence-corrected chi connectivity index (χ1v) is 4.17. The molecule has 1 rings (SSSR count). The topological polar surface area (TPSA) is 29.1 Å². The van der Waals surface area contributed by atoms with Crippen LogP contribution in [0.1, 0.15) is 22.8 Å². The Balaban J connectivity index is 2.91. The maximum atomic E-state index is 11.5. The Kier molecular flexibility index (Phi) is 3.09. The van der Waals surface area contributed by atoms with Gasteiger partial charge in [0, 0.05) is 16.8 Å². The van der Waals surface area contributed by atoms with Crippen LogP contribution in [0.3, 0.4) is 0 Å². The van der Waals surface area contributed by atoms with Gasteiger partial charge in [-0.05, 0) is 25.1 Å². The molecule has 0 radical (unpaired) electrons. The van der Waals surface area contributed by atoms with E-state index in [2.05, 4.69) is 17.8 Å². The van der Waals surface area contributed by atoms with E-state index in [9.17, 15) is 4.79 Å². The van der Waals surface area contributed by atoms with E-state index in [0.29, 0.717) is 16.8 Å². The van der Waals surface area contributed by atoms with E-state index < -0.39 is 0 Å². The summed E-state index contributed by atoms with van der Waals surface area (Å²) in [5, 5.41) is 2.61. The molecule has 1 aromatic carbocycles. The van der Waals surface area contributed by atoms with Crippen molar-refractivity contribution in [3.63, 3.8) is 0 Å². The maximum Gasteiger partial charge on any atom is 0.255 e. The highest BCUT2D eigenvalue weighted by molar-refractivity contribution is 5.95. The fourth-order valence-corrected chi connectivity index (χ4v) is 1.02. The molecule has 0 fully saturated rings. The molecule has 1 N–H and O–H groups in total. The molecule has 14 heavy (non-hydrogen) atoms. The van der Waals surface area contributed by atoms with Gasteiger partial charge in [0.1, 0.15) is 0 Å². The molecule has 0 aliphatic heterocycles. The molecule has 0 heterocycles. The molecule has 0 bridgehead atoms. The van der Waals surface area contributed by atoms with Crippen LogP contribution in [0.4, 0.5) is 0 Å². The Bertz CT molecular complexity index is 413. The number of carbonyl (C=O) groups is 1. The lowest BCUT2D eigenvalue weighted by Crippen LogP contribution is -2.20. The summed E-state index contributed by atoms with van der Waals surface area (Å²) >= 11 is 0. The van der Waals surface area contributed by atoms with Gasteiger partial charge in [-0.25, -0.2) is 0 Å². The Morgan fingerprint density at radius 2 is 2.29 bits per heavy atom. The summed E-state index contributed by atoms with van der Waals surface area (Å²) in [7, 11) is 0. The van der Waals surface area contributed by atoms with Crippen LogP contribution in [0.15, 0.2) is 36.5 Å². The number of carbonyl (C=O) groups excluding carboxylic acids is 1. The molecule has 1 amide bonds. The monoisotopic (exact) mass is 185 g/mol. The number of hydrogen-bond acceptors (Lipinski definition) is 1. The van der Waals surface area contributed by atoms with Crippen molar-refractivity contribution in [2.75, 3.05) is 0 Å². The van der Waals surface area contributed by atoms with Gasteiger partial charge in [-0.15, -0.1) is 6.42 Å². The summed E-state index contributed by atoms with van der Waals surface area (Å²) < 4.78 is 0. The summed E-state index contributed by atoms with van der Waals surface area (Å²) in [5.74, 6) is 2.29. The molecule has 2 nitrogen and oxygen atoms in total. The van der Waals surface area contributed by atoms with Gasteiger partial charge in [-0.3, -0.25) is 4.79 Å². The molecule has 1 aromatic rings. The number of hydrogen-bond donors (Lipinski definition) is 1. The van der Waals surface area contributed by atoms with Crippen LogP contribution in [0.25, 0.3) is 0 Å². The lowest BCUT2D eigenvalue weighted by Gasteiger charge is -2.03. The fraction of sp³-hybridized carbons (Fsp3) is 0.0833. The molecule has 0 aromatic heterocycles. The van der Waals surface area contributed by atoms with Crippen LogP contribution in [-0.4, -0.2) is 5.91 Å². The highest BCUT2D eigenvalue weighted by atomic mass is 16.1. The molecule has 0 saturated heterocycles. The minimum Gasteiger partial charge on any atom is -0.327 e. The van der Waals surface area contributed by atoms with Gasteiger partial charge in [-0.2, -0.15) is 0 Å². The predicted molar refractivity (Wildman–Crippen MR) is 56.7 cm³/mol. The van der Waals surface area contributed by atoms with Gasteiger partial charge >= 0.3 is 0 Å². The number of terminal acetylenes is 1. The van der Waals surface area contributed by atoms with E-state index in [0.717, 1.165) is 0 Å². The van der Waals surface area contributed by atoms with Crippen LogP contribution in [0, 0.1) is 12.3 Å². The smallest absolute Gasteiger partial charge is 0.255 e. The molecule has 0 unspecified atom stereocenters. The molecular weight excluding hydrogens is 174 g/mol. The summed E-state index contributed by atoms with van der Waals surface area (Å²) in [6.45, 7) is 5.32. The largest absolute Gasteiger partial charge is 0.327 e. The number of allylic oxidation sites excluding steroid dienone is 1. The second kappa shape index (κ2) is 4.29. The first kappa shape index (κ1) is 10.1. The molecule has 70 valence electrons. The third kappa shape index (κ3) is 2.49. The van der Waals surface area contributed by atoms with Crippen molar-refractivity contribution >= 4 is 5.91 Å². The van der Waals surface area contributed by atoms with Gasteiger partial charge < -0.3 is 5.32 Å². The van der Waals surface area contributed by atoms with Crippen molar-refractivity contribution < 1.29 is 4.79 Å². The summed E-state index contributed by atoms with van der Waals surface area (Å²) in [6, 6.07) is 6.90. The van der Waals surface area contributed by atoms with Crippen molar-refractivity contribution in [1.29, 1.82) is 0 Å². The maximum absolute atomic E-state index is 11.5. The van der Waals surface area contributed by atoms with Crippen molar-refractivity contribution in [2.24, 2.45) is 0 Å². The summed E-state index contributed by atoms with van der Waals surface area (Å²) in [6.07, 6.45) is 5.22. The molecule has 0 aliphatic carbocycles. The van der Waals surface area contributed by atoms with E-state index in [4.69, 9.17) is 6.42 Å². The average molecular weight is 185 g/mol. The first-order chi connectivity index (χ1) is 6.63. The summed E-state index contributed by atoms with van der Waals surface area (Å²) in [4.78, 5) is 11.5. The molecule has 0 aliphatic rings. The number of amides is 1. The zero-order chi connectivity index (χ0) is 10.6. The highest BCUT2D eigenvalue weighted by Gasteiger charge is 2.04. The number of benzene rings is 1. The normalized spacial score (nSPS) is 8.86. The molecule has 0 spiro atoms. The lowest BCUT2D eigenvalue weighted by molar-refractivity contribution is 0.0966. The average Bonchev–Trinajstić information content (AvgIpc) is 2.17. The first-order valence-electron chi connectivity index (χ1n) is 4.17. The van der Waals surface area contributed by atoms with Gasteiger partial charge in [0.25, 0.3) is 5.91 Å². The Morgan fingerprint density at radius 3 is 2.86 bits per heavy atom. The SMILES string of the molecule is C#Cc1cccc(C(=O)NC(=C)C)c1. The molecular formula is C12H11NO. The van der Waals surface area contributed by atoms with Crippen LogP contribution in [0.2, 0.25) is 0 Å². The molecule has 0 atom stereocenters.